The van der Waals surface area contributed by atoms with Gasteiger partial charge < -0.3 is 15.6 Å². The van der Waals surface area contributed by atoms with Crippen molar-refractivity contribution in [3.05, 3.63) is 0 Å². The van der Waals surface area contributed by atoms with E-state index in [1.807, 2.05) is 20.8 Å². The van der Waals surface area contributed by atoms with Gasteiger partial charge in [-0.3, -0.25) is 4.79 Å². The van der Waals surface area contributed by atoms with Crippen molar-refractivity contribution < 1.29 is 19.4 Å². The van der Waals surface area contributed by atoms with Crippen LogP contribution in [0.4, 0.5) is 4.79 Å². The average molecular weight is 177 g/mol. The number of rotatable bonds is 0. The van der Waals surface area contributed by atoms with Crippen LogP contribution in [0.25, 0.3) is 0 Å². The van der Waals surface area contributed by atoms with Crippen molar-refractivity contribution in [3.63, 3.8) is 0 Å². The van der Waals surface area contributed by atoms with Crippen LogP contribution in [0.5, 0.6) is 0 Å². The number of carbonyl (C=O) groups excluding carboxylic acids is 1. The molecule has 72 valence electrons. The number of amides is 1. The zero-order valence-corrected chi connectivity index (χ0v) is 7.75. The maximum atomic E-state index is 10.2. The number of hydrogen-bond donors (Lipinski definition) is 2. The van der Waals surface area contributed by atoms with Crippen LogP contribution in [0.3, 0.4) is 0 Å². The lowest BCUT2D eigenvalue weighted by Gasteiger charge is -2.17. The van der Waals surface area contributed by atoms with Crippen LogP contribution < -0.4 is 5.73 Å². The Hall–Kier alpha value is -1.26. The lowest BCUT2D eigenvalue weighted by atomic mass is 10.2. The van der Waals surface area contributed by atoms with Gasteiger partial charge in [-0.2, -0.15) is 0 Å². The van der Waals surface area contributed by atoms with Crippen molar-refractivity contribution in [1.82, 2.24) is 0 Å². The molecule has 0 aliphatic heterocycles. The molecule has 0 fully saturated rings. The summed E-state index contributed by atoms with van der Waals surface area (Å²) in [6.45, 7) is 6.93. The van der Waals surface area contributed by atoms with E-state index in [-0.39, 0.29) is 11.6 Å². The molecular formula is C7H15NO4. The molecule has 0 heterocycles. The van der Waals surface area contributed by atoms with Gasteiger partial charge in [-0.05, 0) is 20.8 Å². The quantitative estimate of drug-likeness (QED) is 0.539. The third-order valence-electron chi connectivity index (χ3n) is 0.450. The molecule has 0 aromatic heterocycles. The Morgan fingerprint density at radius 1 is 1.33 bits per heavy atom. The second-order valence-electron chi connectivity index (χ2n) is 3.04. The third kappa shape index (κ3) is 37.4. The molecule has 0 aromatic carbocycles. The number of carbonyl (C=O) groups is 2. The molecular weight excluding hydrogens is 162 g/mol. The van der Waals surface area contributed by atoms with Crippen molar-refractivity contribution in [2.45, 2.75) is 33.3 Å². The predicted molar refractivity (Wildman–Crippen MR) is 43.7 cm³/mol. The van der Waals surface area contributed by atoms with Crippen molar-refractivity contribution in [1.29, 1.82) is 0 Å². The topological polar surface area (TPSA) is 89.6 Å². The van der Waals surface area contributed by atoms with Crippen molar-refractivity contribution in [3.8, 4) is 0 Å². The Labute approximate surface area is 71.5 Å². The van der Waals surface area contributed by atoms with E-state index in [0.717, 1.165) is 0 Å². The van der Waals surface area contributed by atoms with Crippen LogP contribution in [0.2, 0.25) is 0 Å². The molecule has 3 N–H and O–H groups in total. The molecule has 0 bridgehead atoms. The van der Waals surface area contributed by atoms with E-state index in [2.05, 4.69) is 5.73 Å². The first kappa shape index (κ1) is 13.3. The van der Waals surface area contributed by atoms with Crippen LogP contribution in [0.1, 0.15) is 27.7 Å². The van der Waals surface area contributed by atoms with Gasteiger partial charge in [0.2, 0.25) is 0 Å². The second kappa shape index (κ2) is 5.40. The smallest absolute Gasteiger partial charge is 0.402 e. The molecule has 0 rings (SSSR count). The zero-order chi connectivity index (χ0) is 10.4. The van der Waals surface area contributed by atoms with Gasteiger partial charge in [0.05, 0.1) is 0 Å². The molecule has 0 aliphatic rings. The summed E-state index contributed by atoms with van der Waals surface area (Å²) in [4.78, 5) is 19.0. The Morgan fingerprint density at radius 3 is 1.58 bits per heavy atom. The van der Waals surface area contributed by atoms with E-state index in [1.165, 1.54) is 6.92 Å². The molecule has 0 unspecified atom stereocenters. The SMILES string of the molecule is CC(=O)OC(C)(C)C.NC(=O)O. The third-order valence-corrected chi connectivity index (χ3v) is 0.450. The van der Waals surface area contributed by atoms with Gasteiger partial charge in [0.25, 0.3) is 0 Å². The van der Waals surface area contributed by atoms with Gasteiger partial charge >= 0.3 is 12.1 Å². The van der Waals surface area contributed by atoms with Gasteiger partial charge in [-0.25, -0.2) is 4.79 Å². The lowest BCUT2D eigenvalue weighted by molar-refractivity contribution is -0.151. The van der Waals surface area contributed by atoms with Gasteiger partial charge in [0.1, 0.15) is 5.60 Å². The number of hydrogen-bond acceptors (Lipinski definition) is 3. The monoisotopic (exact) mass is 177 g/mol. The van der Waals surface area contributed by atoms with Gasteiger partial charge in [-0.1, -0.05) is 0 Å². The van der Waals surface area contributed by atoms with Gasteiger partial charge in [0, 0.05) is 6.92 Å². The van der Waals surface area contributed by atoms with E-state index in [9.17, 15) is 4.79 Å². The van der Waals surface area contributed by atoms with E-state index >= 15 is 0 Å². The van der Waals surface area contributed by atoms with E-state index in [0.29, 0.717) is 0 Å². The fourth-order valence-electron chi connectivity index (χ4n) is 0.431. The summed E-state index contributed by atoms with van der Waals surface area (Å²) < 4.78 is 4.80. The first-order valence-electron chi connectivity index (χ1n) is 3.33. The molecule has 0 saturated carbocycles. The standard InChI is InChI=1S/C6H12O2.CH3NO2/c1-5(7)8-6(2,3)4;2-1(3)4/h1-4H3;2H2,(H,3,4). The Kier molecular flexibility index (Phi) is 6.00. The lowest BCUT2D eigenvalue weighted by Crippen LogP contribution is -2.21. The second-order valence-corrected chi connectivity index (χ2v) is 3.04. The summed E-state index contributed by atoms with van der Waals surface area (Å²) in [6.07, 6.45) is -1.33. The first-order valence-corrected chi connectivity index (χ1v) is 3.33. The van der Waals surface area contributed by atoms with E-state index in [1.54, 1.807) is 0 Å². The highest BCUT2D eigenvalue weighted by Crippen LogP contribution is 2.05. The van der Waals surface area contributed by atoms with Gasteiger partial charge in [-0.15, -0.1) is 0 Å². The molecule has 12 heavy (non-hydrogen) atoms. The van der Waals surface area contributed by atoms with Crippen LogP contribution in [-0.4, -0.2) is 22.8 Å². The Bertz CT molecular complexity index is 155. The number of esters is 1. The largest absolute Gasteiger partial charge is 0.465 e. The summed E-state index contributed by atoms with van der Waals surface area (Å²) >= 11 is 0. The summed E-state index contributed by atoms with van der Waals surface area (Å²) in [6, 6.07) is 0. The first-order chi connectivity index (χ1) is 5.15. The summed E-state index contributed by atoms with van der Waals surface area (Å²) in [5.41, 5.74) is 3.70. The molecule has 0 radical (unpaired) electrons. The summed E-state index contributed by atoms with van der Waals surface area (Å²) in [5.74, 6) is -0.225. The molecule has 0 atom stereocenters. The van der Waals surface area contributed by atoms with Crippen LogP contribution in [-0.2, 0) is 9.53 Å². The van der Waals surface area contributed by atoms with E-state index in [4.69, 9.17) is 14.6 Å². The summed E-state index contributed by atoms with van der Waals surface area (Å²) in [5, 5.41) is 7.19. The molecule has 5 heteroatoms. The Balaban J connectivity index is 0. The highest BCUT2D eigenvalue weighted by molar-refractivity contribution is 5.66. The fourth-order valence-corrected chi connectivity index (χ4v) is 0.431. The normalized spacial score (nSPS) is 9.33. The molecule has 0 aliphatic carbocycles. The maximum absolute atomic E-state index is 10.2. The highest BCUT2D eigenvalue weighted by atomic mass is 16.6. The van der Waals surface area contributed by atoms with Crippen molar-refractivity contribution >= 4 is 12.1 Å². The van der Waals surface area contributed by atoms with Crippen LogP contribution >= 0.6 is 0 Å². The van der Waals surface area contributed by atoms with Gasteiger partial charge in [0.15, 0.2) is 0 Å². The molecule has 1 amide bonds. The minimum atomic E-state index is -1.33. The molecule has 0 aromatic rings. The number of carboxylic acid groups (broad SMARTS) is 1. The molecule has 0 spiro atoms. The number of nitrogens with two attached hydrogens (primary N) is 1. The van der Waals surface area contributed by atoms with E-state index < -0.39 is 6.09 Å². The Morgan fingerprint density at radius 2 is 1.58 bits per heavy atom. The molecule has 0 saturated heterocycles. The number of primary amides is 1. The maximum Gasteiger partial charge on any atom is 0.402 e. The predicted octanol–water partition coefficient (Wildman–Crippen LogP) is 0.971. The average Bonchev–Trinajstić information content (AvgIpc) is 1.52. The fraction of sp³-hybridized carbons (Fsp3) is 0.714. The van der Waals surface area contributed by atoms with Crippen molar-refractivity contribution in [2.24, 2.45) is 5.73 Å². The molecule has 5 nitrogen and oxygen atoms in total. The van der Waals surface area contributed by atoms with Crippen LogP contribution in [0, 0.1) is 0 Å². The zero-order valence-electron chi connectivity index (χ0n) is 7.75. The summed E-state index contributed by atoms with van der Waals surface area (Å²) in [7, 11) is 0. The van der Waals surface area contributed by atoms with Crippen molar-refractivity contribution in [2.75, 3.05) is 0 Å². The highest BCUT2D eigenvalue weighted by Gasteiger charge is 2.11. The van der Waals surface area contributed by atoms with Crippen LogP contribution in [0.15, 0.2) is 0 Å². The minimum Gasteiger partial charge on any atom is -0.465 e. The number of ether oxygens (including phenoxy) is 1. The minimum absolute atomic E-state index is 0.225.